The molecule has 0 bridgehead atoms. The lowest BCUT2D eigenvalue weighted by Crippen LogP contribution is -2.47. The van der Waals surface area contributed by atoms with Gasteiger partial charge < -0.3 is 9.64 Å². The molecule has 2 aliphatic rings. The van der Waals surface area contributed by atoms with Gasteiger partial charge in [0.25, 0.3) is 11.8 Å². The number of carbonyl (C=O) groups excluding carboxylic acids is 2. The van der Waals surface area contributed by atoms with Gasteiger partial charge in [-0.3, -0.25) is 14.8 Å². The maximum atomic E-state index is 13.0. The predicted molar refractivity (Wildman–Crippen MR) is 90.8 cm³/mol. The second-order valence-electron chi connectivity index (χ2n) is 6.40. The number of aryl methyl sites for hydroxylation is 1. The average Bonchev–Trinajstić information content (AvgIpc) is 2.97. The number of amides is 2. The number of carbonyl (C=O) groups is 2. The van der Waals surface area contributed by atoms with E-state index in [9.17, 15) is 9.59 Å². The fourth-order valence-electron chi connectivity index (χ4n) is 3.61. The fraction of sp³-hybridized carbons (Fsp3) is 0.263. The smallest absolute Gasteiger partial charge is 0.274 e. The van der Waals surface area contributed by atoms with Crippen molar-refractivity contribution in [3.63, 3.8) is 0 Å². The molecule has 25 heavy (non-hydrogen) atoms. The summed E-state index contributed by atoms with van der Waals surface area (Å²) < 4.78 is 6.13. The normalized spacial score (nSPS) is 21.8. The minimum atomic E-state index is -0.830. The van der Waals surface area contributed by atoms with Crippen LogP contribution in [0.25, 0.3) is 0 Å². The summed E-state index contributed by atoms with van der Waals surface area (Å²) in [6.07, 6.45) is 1.86. The molecule has 6 nitrogen and oxygen atoms in total. The first-order valence-corrected chi connectivity index (χ1v) is 8.26. The molecule has 1 atom stereocenters. The summed E-state index contributed by atoms with van der Waals surface area (Å²) in [5.74, 6) is 0.0563. The number of fused-ring (bicyclic) bond motifs is 1. The maximum Gasteiger partial charge on any atom is 0.274 e. The molecule has 2 amide bonds. The largest absolute Gasteiger partial charge is 0.477 e. The third-order valence-corrected chi connectivity index (χ3v) is 4.97. The van der Waals surface area contributed by atoms with Crippen molar-refractivity contribution in [2.45, 2.75) is 24.9 Å². The van der Waals surface area contributed by atoms with Crippen LogP contribution < -0.4 is 15.1 Å². The number of rotatable bonds is 2. The molecule has 6 heteroatoms. The zero-order valence-corrected chi connectivity index (χ0v) is 13.6. The number of hydrogen-bond donors (Lipinski definition) is 2. The first-order valence-electron chi connectivity index (χ1n) is 8.26. The number of para-hydroxylation sites is 1. The van der Waals surface area contributed by atoms with Crippen molar-refractivity contribution in [3.05, 3.63) is 59.7 Å². The van der Waals surface area contributed by atoms with E-state index < -0.39 is 11.5 Å². The van der Waals surface area contributed by atoms with Gasteiger partial charge in [-0.25, -0.2) is 5.48 Å². The molecule has 0 aliphatic carbocycles. The minimum absolute atomic E-state index is 0.0125. The van der Waals surface area contributed by atoms with Crippen LogP contribution in [-0.2, 0) is 11.2 Å². The van der Waals surface area contributed by atoms with Crippen molar-refractivity contribution in [1.29, 1.82) is 0 Å². The van der Waals surface area contributed by atoms with Gasteiger partial charge in [-0.05, 0) is 42.3 Å². The summed E-state index contributed by atoms with van der Waals surface area (Å²) >= 11 is 0. The van der Waals surface area contributed by atoms with Crippen molar-refractivity contribution < 1.29 is 19.5 Å². The summed E-state index contributed by atoms with van der Waals surface area (Å²) in [6, 6.07) is 14.6. The van der Waals surface area contributed by atoms with E-state index in [2.05, 4.69) is 0 Å². The predicted octanol–water partition coefficient (Wildman–Crippen LogP) is 2.31. The Morgan fingerprint density at radius 1 is 1.16 bits per heavy atom. The number of hydrogen-bond acceptors (Lipinski definition) is 4. The van der Waals surface area contributed by atoms with E-state index in [4.69, 9.17) is 9.94 Å². The van der Waals surface area contributed by atoms with Crippen LogP contribution in [0.15, 0.2) is 48.5 Å². The van der Waals surface area contributed by atoms with Crippen LogP contribution in [0.1, 0.15) is 28.8 Å². The highest BCUT2D eigenvalue weighted by molar-refractivity contribution is 6.02. The van der Waals surface area contributed by atoms with Crippen LogP contribution in [0.3, 0.4) is 0 Å². The molecule has 1 spiro atoms. The second kappa shape index (κ2) is 5.89. The molecule has 2 aromatic carbocycles. The molecule has 128 valence electrons. The van der Waals surface area contributed by atoms with Crippen LogP contribution >= 0.6 is 0 Å². The number of nitrogens with zero attached hydrogens (tertiary/aromatic N) is 1. The first kappa shape index (κ1) is 15.7. The van der Waals surface area contributed by atoms with Crippen LogP contribution in [0.5, 0.6) is 5.75 Å². The SMILES string of the molecule is O=C(NO)c1ccc2c(c1)CCC1(CCN(c3ccccc3)C1=O)O2. The first-order chi connectivity index (χ1) is 12.1. The van der Waals surface area contributed by atoms with E-state index in [1.54, 1.807) is 28.6 Å². The second-order valence-corrected chi connectivity index (χ2v) is 6.40. The Balaban J connectivity index is 1.60. The summed E-state index contributed by atoms with van der Waals surface area (Å²) in [5.41, 5.74) is 2.92. The Kier molecular flexibility index (Phi) is 3.69. The molecule has 2 aromatic rings. The van der Waals surface area contributed by atoms with E-state index >= 15 is 0 Å². The highest BCUT2D eigenvalue weighted by Gasteiger charge is 2.51. The van der Waals surface area contributed by atoms with E-state index in [1.165, 1.54) is 0 Å². The van der Waals surface area contributed by atoms with Crippen molar-refractivity contribution in [2.24, 2.45) is 0 Å². The molecular weight excluding hydrogens is 320 g/mol. The molecule has 2 aliphatic heterocycles. The summed E-state index contributed by atoms with van der Waals surface area (Å²) in [6.45, 7) is 0.628. The lowest BCUT2D eigenvalue weighted by Gasteiger charge is -2.34. The van der Waals surface area contributed by atoms with E-state index in [0.29, 0.717) is 37.1 Å². The Morgan fingerprint density at radius 2 is 1.96 bits per heavy atom. The van der Waals surface area contributed by atoms with Crippen molar-refractivity contribution in [1.82, 2.24) is 5.48 Å². The fourth-order valence-corrected chi connectivity index (χ4v) is 3.61. The van der Waals surface area contributed by atoms with Gasteiger partial charge in [0.1, 0.15) is 5.75 Å². The average molecular weight is 338 g/mol. The van der Waals surface area contributed by atoms with E-state index in [1.807, 2.05) is 30.3 Å². The number of anilines is 1. The molecule has 1 saturated heterocycles. The van der Waals surface area contributed by atoms with Gasteiger partial charge in [0.05, 0.1) is 0 Å². The Bertz CT molecular complexity index is 837. The van der Waals surface area contributed by atoms with E-state index in [0.717, 1.165) is 11.3 Å². The summed E-state index contributed by atoms with van der Waals surface area (Å²) in [4.78, 5) is 26.3. The quantitative estimate of drug-likeness (QED) is 0.650. The lowest BCUT2D eigenvalue weighted by atomic mass is 9.89. The molecule has 4 rings (SSSR count). The molecule has 2 N–H and O–H groups in total. The van der Waals surface area contributed by atoms with Crippen molar-refractivity contribution >= 4 is 17.5 Å². The van der Waals surface area contributed by atoms with Crippen molar-refractivity contribution in [2.75, 3.05) is 11.4 Å². The number of ether oxygens (including phenoxy) is 1. The number of benzene rings is 2. The Labute approximate surface area is 145 Å². The molecule has 2 heterocycles. The minimum Gasteiger partial charge on any atom is -0.477 e. The summed E-state index contributed by atoms with van der Waals surface area (Å²) in [7, 11) is 0. The van der Waals surface area contributed by atoms with Crippen LogP contribution in [0.2, 0.25) is 0 Å². The van der Waals surface area contributed by atoms with Crippen LogP contribution in [-0.4, -0.2) is 29.2 Å². The van der Waals surface area contributed by atoms with Gasteiger partial charge in [0.2, 0.25) is 0 Å². The maximum absolute atomic E-state index is 13.0. The third kappa shape index (κ3) is 2.55. The zero-order valence-electron chi connectivity index (χ0n) is 13.6. The van der Waals surface area contributed by atoms with Crippen molar-refractivity contribution in [3.8, 4) is 5.75 Å². The number of hydroxylamine groups is 1. The van der Waals surface area contributed by atoms with Gasteiger partial charge in [0.15, 0.2) is 5.60 Å². The Morgan fingerprint density at radius 3 is 2.72 bits per heavy atom. The number of nitrogens with one attached hydrogen (secondary N) is 1. The highest BCUT2D eigenvalue weighted by atomic mass is 16.5. The van der Waals surface area contributed by atoms with Crippen LogP contribution in [0.4, 0.5) is 5.69 Å². The van der Waals surface area contributed by atoms with Gasteiger partial charge in [-0.2, -0.15) is 0 Å². The molecule has 1 unspecified atom stereocenters. The van der Waals surface area contributed by atoms with Crippen LogP contribution in [0, 0.1) is 0 Å². The monoisotopic (exact) mass is 338 g/mol. The Hall–Kier alpha value is -2.86. The van der Waals surface area contributed by atoms with Gasteiger partial charge in [-0.15, -0.1) is 0 Å². The van der Waals surface area contributed by atoms with Gasteiger partial charge >= 0.3 is 0 Å². The zero-order chi connectivity index (χ0) is 17.4. The lowest BCUT2D eigenvalue weighted by molar-refractivity contribution is -0.131. The van der Waals surface area contributed by atoms with Gasteiger partial charge in [0, 0.05) is 30.6 Å². The van der Waals surface area contributed by atoms with Gasteiger partial charge in [-0.1, -0.05) is 18.2 Å². The van der Waals surface area contributed by atoms with E-state index in [-0.39, 0.29) is 5.91 Å². The molecular formula is C19H18N2O4. The molecule has 0 aromatic heterocycles. The molecule has 1 fully saturated rings. The molecule has 0 saturated carbocycles. The highest BCUT2D eigenvalue weighted by Crippen LogP contribution is 2.41. The topological polar surface area (TPSA) is 78.9 Å². The third-order valence-electron chi connectivity index (χ3n) is 4.97. The summed E-state index contributed by atoms with van der Waals surface area (Å²) in [5, 5.41) is 8.75. The molecule has 0 radical (unpaired) electrons. The standard InChI is InChI=1S/C19H18N2O4/c22-17(20-24)14-6-7-16-13(12-14)8-9-19(25-16)10-11-21(18(19)23)15-4-2-1-3-5-15/h1-7,12,24H,8-11H2,(H,20,22).